The third-order valence-corrected chi connectivity index (χ3v) is 5.23. The molecule has 5 heteroatoms. The van der Waals surface area contributed by atoms with Crippen LogP contribution in [0.3, 0.4) is 0 Å². The van der Waals surface area contributed by atoms with Crippen LogP contribution in [0.1, 0.15) is 38.8 Å². The second-order valence-electron chi connectivity index (χ2n) is 5.27. The van der Waals surface area contributed by atoms with E-state index in [2.05, 4.69) is 16.7 Å². The first-order valence-corrected chi connectivity index (χ1v) is 8.15. The standard InChI is InChI=1S/C16H17ClN2OS/c1-9-7-10(16(20)18-2)3-4-12(9)19-13-5-6-14-11(13)8-15(17)21-14/h3-4,7-8,13,19H,5-6H2,1-2H3,(H,18,20). The van der Waals surface area contributed by atoms with E-state index < -0.39 is 0 Å². The fourth-order valence-corrected chi connectivity index (χ4v) is 4.14. The number of hydrogen-bond donors (Lipinski definition) is 2. The fraction of sp³-hybridized carbons (Fsp3) is 0.312. The first kappa shape index (κ1) is 14.4. The molecular weight excluding hydrogens is 304 g/mol. The second-order valence-corrected chi connectivity index (χ2v) is 7.04. The average Bonchev–Trinajstić information content (AvgIpc) is 3.00. The van der Waals surface area contributed by atoms with E-state index in [1.165, 1.54) is 10.4 Å². The van der Waals surface area contributed by atoms with Crippen molar-refractivity contribution in [1.29, 1.82) is 0 Å². The summed E-state index contributed by atoms with van der Waals surface area (Å²) >= 11 is 7.77. The van der Waals surface area contributed by atoms with E-state index in [4.69, 9.17) is 11.6 Å². The minimum absolute atomic E-state index is 0.0579. The molecule has 0 saturated heterocycles. The van der Waals surface area contributed by atoms with Crippen molar-refractivity contribution in [3.63, 3.8) is 0 Å². The minimum atomic E-state index is -0.0579. The molecule has 1 atom stereocenters. The summed E-state index contributed by atoms with van der Waals surface area (Å²) in [7, 11) is 1.64. The Morgan fingerprint density at radius 3 is 2.90 bits per heavy atom. The van der Waals surface area contributed by atoms with E-state index in [1.54, 1.807) is 18.4 Å². The topological polar surface area (TPSA) is 41.1 Å². The normalized spacial score (nSPS) is 16.6. The first-order chi connectivity index (χ1) is 10.1. The number of anilines is 1. The number of halogens is 1. The smallest absolute Gasteiger partial charge is 0.251 e. The van der Waals surface area contributed by atoms with E-state index in [0.717, 1.165) is 28.4 Å². The Morgan fingerprint density at radius 2 is 2.19 bits per heavy atom. The fourth-order valence-electron chi connectivity index (χ4n) is 2.78. The molecule has 3 nitrogen and oxygen atoms in total. The number of aryl methyl sites for hydroxylation is 2. The Bertz CT molecular complexity index is 696. The Hall–Kier alpha value is -1.52. The summed E-state index contributed by atoms with van der Waals surface area (Å²) in [5.74, 6) is -0.0579. The number of benzene rings is 1. The maximum absolute atomic E-state index is 11.6. The highest BCUT2D eigenvalue weighted by Crippen LogP contribution is 2.41. The lowest BCUT2D eigenvalue weighted by Gasteiger charge is -2.17. The SMILES string of the molecule is CNC(=O)c1ccc(NC2CCc3sc(Cl)cc32)c(C)c1. The summed E-state index contributed by atoms with van der Waals surface area (Å²) in [6.45, 7) is 2.02. The first-order valence-electron chi connectivity index (χ1n) is 6.96. The van der Waals surface area contributed by atoms with Crippen LogP contribution < -0.4 is 10.6 Å². The zero-order valence-corrected chi connectivity index (χ0v) is 13.6. The van der Waals surface area contributed by atoms with Gasteiger partial charge in [-0.1, -0.05) is 11.6 Å². The molecule has 1 heterocycles. The summed E-state index contributed by atoms with van der Waals surface area (Å²) in [6.07, 6.45) is 2.18. The summed E-state index contributed by atoms with van der Waals surface area (Å²) in [5, 5.41) is 6.22. The lowest BCUT2D eigenvalue weighted by molar-refractivity contribution is 0.0963. The Kier molecular flexibility index (Phi) is 3.91. The largest absolute Gasteiger partial charge is 0.378 e. The molecule has 1 amide bonds. The molecule has 0 fully saturated rings. The van der Waals surface area contributed by atoms with E-state index in [1.807, 2.05) is 25.1 Å². The number of thiophene rings is 1. The van der Waals surface area contributed by atoms with Crippen molar-refractivity contribution < 1.29 is 4.79 Å². The summed E-state index contributed by atoms with van der Waals surface area (Å²) in [5.41, 5.74) is 4.15. The maximum Gasteiger partial charge on any atom is 0.251 e. The third kappa shape index (κ3) is 2.78. The lowest BCUT2D eigenvalue weighted by atomic mass is 10.1. The number of amides is 1. The van der Waals surface area contributed by atoms with Crippen molar-refractivity contribution in [1.82, 2.24) is 5.32 Å². The van der Waals surface area contributed by atoms with Crippen LogP contribution in [0.4, 0.5) is 5.69 Å². The molecule has 21 heavy (non-hydrogen) atoms. The number of rotatable bonds is 3. The van der Waals surface area contributed by atoms with Gasteiger partial charge in [0.1, 0.15) is 0 Å². The second kappa shape index (κ2) is 5.70. The van der Waals surface area contributed by atoms with E-state index >= 15 is 0 Å². The van der Waals surface area contributed by atoms with Crippen LogP contribution in [-0.2, 0) is 6.42 Å². The molecule has 1 aromatic heterocycles. The van der Waals surface area contributed by atoms with Gasteiger partial charge in [0.05, 0.1) is 10.4 Å². The van der Waals surface area contributed by atoms with Gasteiger partial charge in [-0.2, -0.15) is 0 Å². The Morgan fingerprint density at radius 1 is 1.38 bits per heavy atom. The third-order valence-electron chi connectivity index (χ3n) is 3.89. The van der Waals surface area contributed by atoms with Crippen LogP contribution in [0.2, 0.25) is 4.34 Å². The monoisotopic (exact) mass is 320 g/mol. The maximum atomic E-state index is 11.6. The van der Waals surface area contributed by atoms with Gasteiger partial charge < -0.3 is 10.6 Å². The van der Waals surface area contributed by atoms with Gasteiger partial charge in [0.25, 0.3) is 5.91 Å². The van der Waals surface area contributed by atoms with Crippen molar-refractivity contribution >= 4 is 34.5 Å². The predicted molar refractivity (Wildman–Crippen MR) is 88.6 cm³/mol. The molecule has 0 saturated carbocycles. The van der Waals surface area contributed by atoms with E-state index in [-0.39, 0.29) is 5.91 Å². The Labute approximate surface area is 133 Å². The van der Waals surface area contributed by atoms with Crippen molar-refractivity contribution in [3.05, 3.63) is 50.2 Å². The molecule has 0 radical (unpaired) electrons. The predicted octanol–water partition coefficient (Wildman–Crippen LogP) is 4.17. The zero-order valence-electron chi connectivity index (χ0n) is 12.0. The molecule has 2 aromatic rings. The van der Waals surface area contributed by atoms with Gasteiger partial charge in [-0.25, -0.2) is 0 Å². The molecule has 1 unspecified atom stereocenters. The number of carbonyl (C=O) groups is 1. The summed E-state index contributed by atoms with van der Waals surface area (Å²) < 4.78 is 0.859. The van der Waals surface area contributed by atoms with Gasteiger partial charge in [-0.3, -0.25) is 4.79 Å². The zero-order chi connectivity index (χ0) is 15.0. The molecule has 1 aliphatic rings. The number of carbonyl (C=O) groups excluding carboxylic acids is 1. The van der Waals surface area contributed by atoms with Crippen molar-refractivity contribution in [3.8, 4) is 0 Å². The molecule has 0 aliphatic heterocycles. The van der Waals surface area contributed by atoms with Crippen LogP contribution in [0.5, 0.6) is 0 Å². The van der Waals surface area contributed by atoms with Crippen LogP contribution in [0, 0.1) is 6.92 Å². The highest BCUT2D eigenvalue weighted by molar-refractivity contribution is 7.16. The Balaban J connectivity index is 1.81. The van der Waals surface area contributed by atoms with Crippen molar-refractivity contribution in [2.75, 3.05) is 12.4 Å². The molecule has 1 aliphatic carbocycles. The molecule has 0 bridgehead atoms. The minimum Gasteiger partial charge on any atom is -0.378 e. The highest BCUT2D eigenvalue weighted by atomic mass is 35.5. The molecule has 3 rings (SSSR count). The van der Waals surface area contributed by atoms with E-state index in [0.29, 0.717) is 11.6 Å². The highest BCUT2D eigenvalue weighted by Gasteiger charge is 2.25. The molecule has 0 spiro atoms. The molecule has 110 valence electrons. The lowest BCUT2D eigenvalue weighted by Crippen LogP contribution is -2.18. The average molecular weight is 321 g/mol. The molecular formula is C16H17ClN2OS. The van der Waals surface area contributed by atoms with Crippen molar-refractivity contribution in [2.45, 2.75) is 25.8 Å². The van der Waals surface area contributed by atoms with Gasteiger partial charge in [-0.15, -0.1) is 11.3 Å². The molecule has 2 N–H and O–H groups in total. The van der Waals surface area contributed by atoms with Gasteiger partial charge in [0.15, 0.2) is 0 Å². The number of nitrogens with one attached hydrogen (secondary N) is 2. The molecule has 1 aromatic carbocycles. The van der Waals surface area contributed by atoms with Gasteiger partial charge in [0.2, 0.25) is 0 Å². The number of fused-ring (bicyclic) bond motifs is 1. The van der Waals surface area contributed by atoms with Gasteiger partial charge >= 0.3 is 0 Å². The quantitative estimate of drug-likeness (QED) is 0.891. The van der Waals surface area contributed by atoms with Gasteiger partial charge in [-0.05, 0) is 55.2 Å². The van der Waals surface area contributed by atoms with Crippen LogP contribution >= 0.6 is 22.9 Å². The van der Waals surface area contributed by atoms with Crippen LogP contribution in [0.15, 0.2) is 24.3 Å². The summed E-state index contributed by atoms with van der Waals surface area (Å²) in [6, 6.07) is 8.13. The summed E-state index contributed by atoms with van der Waals surface area (Å²) in [4.78, 5) is 13.0. The van der Waals surface area contributed by atoms with Gasteiger partial charge in [0, 0.05) is 23.2 Å². The van der Waals surface area contributed by atoms with Crippen LogP contribution in [-0.4, -0.2) is 13.0 Å². The van der Waals surface area contributed by atoms with E-state index in [9.17, 15) is 4.79 Å². The van der Waals surface area contributed by atoms with Crippen LogP contribution in [0.25, 0.3) is 0 Å². The van der Waals surface area contributed by atoms with Crippen molar-refractivity contribution in [2.24, 2.45) is 0 Å². The number of hydrogen-bond acceptors (Lipinski definition) is 3.